The summed E-state index contributed by atoms with van der Waals surface area (Å²) in [6, 6.07) is 12.6. The lowest BCUT2D eigenvalue weighted by Crippen LogP contribution is -2.58. The topological polar surface area (TPSA) is 128 Å². The first-order valence-electron chi connectivity index (χ1n) is 10.3. The van der Waals surface area contributed by atoms with Crippen LogP contribution in [-0.2, 0) is 0 Å². The largest absolute Gasteiger partial charge is 0.454 e. The SMILES string of the molecule is NC1=NC2(CCCCC2)N(c2cccc(C(=O)Nc3ccc4c(c3)OCO4)c2)C(N)=N1. The van der Waals surface area contributed by atoms with Gasteiger partial charge in [-0.3, -0.25) is 9.69 Å². The monoisotopic (exact) mass is 420 g/mol. The summed E-state index contributed by atoms with van der Waals surface area (Å²) in [6.45, 7) is 0.183. The number of carbonyl (C=O) groups excluding carboxylic acids is 1. The van der Waals surface area contributed by atoms with Crippen LogP contribution in [0.25, 0.3) is 0 Å². The highest BCUT2D eigenvalue weighted by Crippen LogP contribution is 2.40. The Labute approximate surface area is 179 Å². The fourth-order valence-corrected chi connectivity index (χ4v) is 4.46. The molecule has 2 aliphatic heterocycles. The van der Waals surface area contributed by atoms with Crippen LogP contribution in [0.4, 0.5) is 11.4 Å². The van der Waals surface area contributed by atoms with Crippen LogP contribution in [0.15, 0.2) is 52.4 Å². The van der Waals surface area contributed by atoms with Crippen molar-refractivity contribution < 1.29 is 14.3 Å². The number of nitrogens with two attached hydrogens (primary N) is 2. The van der Waals surface area contributed by atoms with Crippen molar-refractivity contribution in [3.8, 4) is 11.5 Å². The number of nitrogens with zero attached hydrogens (tertiary/aromatic N) is 3. The highest BCUT2D eigenvalue weighted by atomic mass is 16.7. The van der Waals surface area contributed by atoms with Gasteiger partial charge in [0.2, 0.25) is 18.7 Å². The molecule has 1 fully saturated rings. The first-order valence-corrected chi connectivity index (χ1v) is 10.3. The highest BCUT2D eigenvalue weighted by Gasteiger charge is 2.42. The Morgan fingerprint density at radius 3 is 2.68 bits per heavy atom. The Morgan fingerprint density at radius 1 is 1.03 bits per heavy atom. The third kappa shape index (κ3) is 3.52. The van der Waals surface area contributed by atoms with E-state index in [1.807, 2.05) is 17.0 Å². The molecule has 0 bridgehead atoms. The van der Waals surface area contributed by atoms with Gasteiger partial charge >= 0.3 is 0 Å². The summed E-state index contributed by atoms with van der Waals surface area (Å²) >= 11 is 0. The zero-order valence-corrected chi connectivity index (χ0v) is 17.0. The summed E-state index contributed by atoms with van der Waals surface area (Å²) < 4.78 is 10.7. The minimum Gasteiger partial charge on any atom is -0.454 e. The molecule has 160 valence electrons. The van der Waals surface area contributed by atoms with Crippen LogP contribution >= 0.6 is 0 Å². The highest BCUT2D eigenvalue weighted by molar-refractivity contribution is 6.08. The average molecular weight is 420 g/mol. The van der Waals surface area contributed by atoms with Gasteiger partial charge in [0.15, 0.2) is 11.5 Å². The number of hydrogen-bond donors (Lipinski definition) is 3. The van der Waals surface area contributed by atoms with Crippen molar-refractivity contribution >= 4 is 29.2 Å². The number of hydrogen-bond acceptors (Lipinski definition) is 8. The Balaban J connectivity index is 1.43. The number of nitrogens with one attached hydrogen (secondary N) is 1. The molecule has 0 unspecified atom stereocenters. The van der Waals surface area contributed by atoms with Crippen LogP contribution in [-0.4, -0.2) is 30.3 Å². The van der Waals surface area contributed by atoms with E-state index in [-0.39, 0.29) is 18.7 Å². The zero-order valence-electron chi connectivity index (χ0n) is 17.0. The smallest absolute Gasteiger partial charge is 0.255 e. The van der Waals surface area contributed by atoms with Gasteiger partial charge in [0, 0.05) is 23.0 Å². The van der Waals surface area contributed by atoms with E-state index in [9.17, 15) is 4.79 Å². The van der Waals surface area contributed by atoms with Crippen molar-refractivity contribution in [1.29, 1.82) is 0 Å². The van der Waals surface area contributed by atoms with Gasteiger partial charge in [-0.1, -0.05) is 12.5 Å². The molecule has 2 aromatic rings. The molecular weight excluding hydrogens is 396 g/mol. The molecule has 9 heteroatoms. The van der Waals surface area contributed by atoms with Gasteiger partial charge in [-0.2, -0.15) is 4.99 Å². The second kappa shape index (κ2) is 7.50. The fourth-order valence-electron chi connectivity index (χ4n) is 4.46. The molecule has 31 heavy (non-hydrogen) atoms. The van der Waals surface area contributed by atoms with E-state index in [0.29, 0.717) is 28.7 Å². The number of fused-ring (bicyclic) bond motifs is 1. The molecule has 5 N–H and O–H groups in total. The molecular formula is C22H24N6O3. The number of rotatable bonds is 3. The molecule has 5 rings (SSSR count). The van der Waals surface area contributed by atoms with Gasteiger partial charge in [-0.05, 0) is 56.0 Å². The number of ether oxygens (including phenoxy) is 2. The molecule has 2 heterocycles. The van der Waals surface area contributed by atoms with E-state index in [1.165, 1.54) is 0 Å². The Kier molecular flexibility index (Phi) is 4.65. The summed E-state index contributed by atoms with van der Waals surface area (Å²) in [5.41, 5.74) is 13.6. The predicted octanol–water partition coefficient (Wildman–Crippen LogP) is 2.78. The number of amides is 1. The van der Waals surface area contributed by atoms with E-state index >= 15 is 0 Å². The second-order valence-corrected chi connectivity index (χ2v) is 7.89. The van der Waals surface area contributed by atoms with Crippen LogP contribution in [0.2, 0.25) is 0 Å². The fraction of sp³-hybridized carbons (Fsp3) is 0.318. The summed E-state index contributed by atoms with van der Waals surface area (Å²) in [5.74, 6) is 1.53. The number of benzene rings is 2. The van der Waals surface area contributed by atoms with Gasteiger partial charge in [0.1, 0.15) is 5.66 Å². The lowest BCUT2D eigenvalue weighted by atomic mass is 9.87. The van der Waals surface area contributed by atoms with Gasteiger partial charge in [-0.15, -0.1) is 0 Å². The van der Waals surface area contributed by atoms with Crippen LogP contribution in [0.3, 0.4) is 0 Å². The van der Waals surface area contributed by atoms with E-state index in [0.717, 1.165) is 37.8 Å². The molecule has 0 saturated heterocycles. The summed E-state index contributed by atoms with van der Waals surface area (Å²) in [4.78, 5) is 23.7. The molecule has 2 aromatic carbocycles. The molecule has 0 radical (unpaired) electrons. The summed E-state index contributed by atoms with van der Waals surface area (Å²) in [5, 5.41) is 2.91. The standard InChI is InChI=1S/C22H24N6O3/c23-20-26-21(24)28(22(27-20)9-2-1-3-10-22)16-6-4-5-14(11-16)19(29)25-15-7-8-17-18(12-15)31-13-30-17/h4-8,11-12H,1-3,9-10,13H2,(H,25,29)(H4,23,24,26,27). The Hall–Kier alpha value is -3.75. The summed E-state index contributed by atoms with van der Waals surface area (Å²) in [7, 11) is 0. The Bertz CT molecular complexity index is 1090. The molecule has 1 aliphatic carbocycles. The molecule has 1 saturated carbocycles. The molecule has 3 aliphatic rings. The van der Waals surface area contributed by atoms with Crippen molar-refractivity contribution in [3.63, 3.8) is 0 Å². The van der Waals surface area contributed by atoms with Crippen molar-refractivity contribution in [2.75, 3.05) is 17.0 Å². The molecule has 0 atom stereocenters. The first kappa shape index (κ1) is 19.2. The van der Waals surface area contributed by atoms with Crippen molar-refractivity contribution in [3.05, 3.63) is 48.0 Å². The van der Waals surface area contributed by atoms with E-state index in [1.54, 1.807) is 30.3 Å². The van der Waals surface area contributed by atoms with E-state index in [4.69, 9.17) is 20.9 Å². The van der Waals surface area contributed by atoms with Crippen LogP contribution < -0.4 is 31.2 Å². The van der Waals surface area contributed by atoms with Crippen LogP contribution in [0, 0.1) is 0 Å². The minimum atomic E-state index is -0.555. The quantitative estimate of drug-likeness (QED) is 0.701. The number of guanidine groups is 2. The van der Waals surface area contributed by atoms with Gasteiger partial charge in [-0.25, -0.2) is 4.99 Å². The lowest BCUT2D eigenvalue weighted by Gasteiger charge is -2.45. The van der Waals surface area contributed by atoms with E-state index < -0.39 is 5.66 Å². The number of aliphatic imine (C=N–C) groups is 2. The van der Waals surface area contributed by atoms with E-state index in [2.05, 4.69) is 15.3 Å². The third-order valence-electron chi connectivity index (χ3n) is 5.85. The average Bonchev–Trinajstić information content (AvgIpc) is 3.22. The van der Waals surface area contributed by atoms with Gasteiger partial charge in [0.25, 0.3) is 5.91 Å². The molecule has 9 nitrogen and oxygen atoms in total. The normalized spacial score (nSPS) is 19.0. The first-order chi connectivity index (χ1) is 15.0. The number of carbonyl (C=O) groups is 1. The lowest BCUT2D eigenvalue weighted by molar-refractivity contribution is 0.102. The van der Waals surface area contributed by atoms with Gasteiger partial charge < -0.3 is 26.3 Å². The maximum absolute atomic E-state index is 12.9. The van der Waals surface area contributed by atoms with Crippen molar-refractivity contribution in [2.24, 2.45) is 21.5 Å². The van der Waals surface area contributed by atoms with Crippen molar-refractivity contribution in [1.82, 2.24) is 0 Å². The molecule has 0 aromatic heterocycles. The van der Waals surface area contributed by atoms with Crippen molar-refractivity contribution in [2.45, 2.75) is 37.8 Å². The summed E-state index contributed by atoms with van der Waals surface area (Å²) in [6.07, 6.45) is 4.88. The second-order valence-electron chi connectivity index (χ2n) is 7.89. The zero-order chi connectivity index (χ0) is 21.4. The van der Waals surface area contributed by atoms with Gasteiger partial charge in [0.05, 0.1) is 0 Å². The third-order valence-corrected chi connectivity index (χ3v) is 5.85. The molecule has 1 spiro atoms. The Morgan fingerprint density at radius 2 is 1.84 bits per heavy atom. The molecule has 1 amide bonds. The number of anilines is 2. The maximum atomic E-state index is 12.9. The minimum absolute atomic E-state index is 0.183. The van der Waals surface area contributed by atoms with Crippen LogP contribution in [0.5, 0.6) is 11.5 Å². The van der Waals surface area contributed by atoms with Crippen LogP contribution in [0.1, 0.15) is 42.5 Å². The predicted molar refractivity (Wildman–Crippen MR) is 119 cm³/mol. The maximum Gasteiger partial charge on any atom is 0.255 e.